The van der Waals surface area contributed by atoms with Crippen LogP contribution in [0.4, 0.5) is 0 Å². The summed E-state index contributed by atoms with van der Waals surface area (Å²) < 4.78 is 0.693. The Morgan fingerprint density at radius 3 is 1.86 bits per heavy atom. The highest BCUT2D eigenvalue weighted by atomic mass is 16.1. The molecule has 0 saturated carbocycles. The van der Waals surface area contributed by atoms with Gasteiger partial charge in [0.1, 0.15) is 0 Å². The Morgan fingerprint density at radius 2 is 1.34 bits per heavy atom. The van der Waals surface area contributed by atoms with Crippen LogP contribution in [0.25, 0.3) is 0 Å². The highest BCUT2D eigenvalue weighted by molar-refractivity contribution is 5.84. The minimum absolute atomic E-state index is 0.0779. The van der Waals surface area contributed by atoms with Crippen molar-refractivity contribution in [2.24, 2.45) is 5.73 Å². The van der Waals surface area contributed by atoms with Crippen molar-refractivity contribution in [1.29, 1.82) is 0 Å². The summed E-state index contributed by atoms with van der Waals surface area (Å²) in [6.45, 7) is 3.88. The summed E-state index contributed by atoms with van der Waals surface area (Å²) in [7, 11) is 4.34. The van der Waals surface area contributed by atoms with E-state index in [-0.39, 0.29) is 6.04 Å². The third-order valence-electron chi connectivity index (χ3n) is 6.08. The van der Waals surface area contributed by atoms with Crippen LogP contribution in [0, 0.1) is 0 Å². The summed E-state index contributed by atoms with van der Waals surface area (Å²) in [5, 5.41) is 0. The first-order valence-corrected chi connectivity index (χ1v) is 12.1. The van der Waals surface area contributed by atoms with E-state index < -0.39 is 0 Å². The van der Waals surface area contributed by atoms with Crippen LogP contribution in [-0.2, 0) is 4.79 Å². The van der Waals surface area contributed by atoms with Crippen molar-refractivity contribution in [3.05, 3.63) is 35.9 Å². The molecule has 0 saturated heterocycles. The monoisotopic (exact) mass is 403 g/mol. The lowest BCUT2D eigenvalue weighted by molar-refractivity contribution is -0.911. The number of nitrogens with zero attached hydrogens (tertiary/aromatic N) is 1. The molecule has 1 unspecified atom stereocenters. The van der Waals surface area contributed by atoms with Gasteiger partial charge in [-0.05, 0) is 13.0 Å². The molecule has 0 amide bonds. The molecular weight excluding hydrogens is 356 g/mol. The van der Waals surface area contributed by atoms with Crippen LogP contribution in [0.5, 0.6) is 0 Å². The van der Waals surface area contributed by atoms with E-state index in [1.807, 2.05) is 18.2 Å². The predicted octanol–water partition coefficient (Wildman–Crippen LogP) is 6.42. The molecule has 0 spiro atoms. The number of benzene rings is 1. The molecule has 1 aromatic carbocycles. The van der Waals surface area contributed by atoms with Crippen LogP contribution in [0.2, 0.25) is 0 Å². The van der Waals surface area contributed by atoms with Gasteiger partial charge >= 0.3 is 0 Å². The van der Waals surface area contributed by atoms with E-state index in [0.717, 1.165) is 24.9 Å². The molecule has 0 radical (unpaired) electrons. The summed E-state index contributed by atoms with van der Waals surface area (Å²) >= 11 is 0. The SMILES string of the molecule is CCCCCCCCCCCCCC(=O)C(c1ccccc1)[N+](C)(C)CCCN. The number of carbonyl (C=O) groups is 1. The molecule has 0 fully saturated rings. The van der Waals surface area contributed by atoms with Crippen molar-refractivity contribution in [3.8, 4) is 0 Å². The normalized spacial score (nSPS) is 12.8. The van der Waals surface area contributed by atoms with E-state index in [0.29, 0.717) is 23.2 Å². The summed E-state index contributed by atoms with van der Waals surface area (Å²) in [4.78, 5) is 13.2. The number of hydrogen-bond acceptors (Lipinski definition) is 2. The molecule has 0 aliphatic rings. The first-order chi connectivity index (χ1) is 14.0. The highest BCUT2D eigenvalue weighted by Gasteiger charge is 2.35. The number of quaternary nitrogens is 1. The Balaban J connectivity index is 2.36. The number of carbonyl (C=O) groups excluding carboxylic acids is 1. The Bertz CT molecular complexity index is 527. The van der Waals surface area contributed by atoms with Crippen molar-refractivity contribution >= 4 is 5.78 Å². The second kappa shape index (κ2) is 15.6. The standard InChI is InChI=1S/C26H47N2O/c1-4-5-6-7-8-9-10-11-12-13-17-21-25(29)26(24-19-15-14-16-20-24)28(2,3)23-18-22-27/h14-16,19-20,26H,4-13,17-18,21-23,27H2,1-3H3/q+1. The van der Waals surface area contributed by atoms with Gasteiger partial charge in [-0.1, -0.05) is 101 Å². The number of ketones is 1. The molecule has 0 bridgehead atoms. The van der Waals surface area contributed by atoms with Crippen LogP contribution < -0.4 is 5.73 Å². The second-order valence-corrected chi connectivity index (χ2v) is 9.21. The molecule has 1 rings (SSSR count). The predicted molar refractivity (Wildman–Crippen MR) is 126 cm³/mol. The van der Waals surface area contributed by atoms with Gasteiger partial charge in [0.15, 0.2) is 11.8 Å². The Labute approximate surface area is 180 Å². The van der Waals surface area contributed by atoms with Crippen LogP contribution in [0.15, 0.2) is 30.3 Å². The summed E-state index contributed by atoms with van der Waals surface area (Å²) in [5.41, 5.74) is 6.88. The van der Waals surface area contributed by atoms with Crippen molar-refractivity contribution in [2.75, 3.05) is 27.2 Å². The van der Waals surface area contributed by atoms with Gasteiger partial charge in [0.25, 0.3) is 0 Å². The Morgan fingerprint density at radius 1 is 0.828 bits per heavy atom. The number of likely N-dealkylation sites (N-methyl/N-ethyl adjacent to an activating group) is 1. The fourth-order valence-corrected chi connectivity index (χ4v) is 4.34. The van der Waals surface area contributed by atoms with Gasteiger partial charge in [-0.15, -0.1) is 0 Å². The minimum Gasteiger partial charge on any atom is -0.330 e. The van der Waals surface area contributed by atoms with Gasteiger partial charge in [-0.3, -0.25) is 4.79 Å². The number of nitrogens with two attached hydrogens (primary N) is 1. The maximum atomic E-state index is 13.2. The van der Waals surface area contributed by atoms with E-state index >= 15 is 0 Å². The van der Waals surface area contributed by atoms with Crippen molar-refractivity contribution in [2.45, 2.75) is 96.4 Å². The first kappa shape index (κ1) is 25.8. The molecule has 0 aliphatic heterocycles. The van der Waals surface area contributed by atoms with Gasteiger partial charge in [0.05, 0.1) is 20.6 Å². The molecule has 3 nitrogen and oxygen atoms in total. The maximum absolute atomic E-state index is 13.2. The average molecular weight is 404 g/mol. The van der Waals surface area contributed by atoms with E-state index in [4.69, 9.17) is 5.73 Å². The zero-order chi connectivity index (χ0) is 21.4. The van der Waals surface area contributed by atoms with Gasteiger partial charge in [-0.2, -0.15) is 0 Å². The number of hydrogen-bond donors (Lipinski definition) is 1. The molecule has 0 heterocycles. The molecule has 1 atom stereocenters. The largest absolute Gasteiger partial charge is 0.330 e. The highest BCUT2D eigenvalue weighted by Crippen LogP contribution is 2.28. The van der Waals surface area contributed by atoms with Crippen molar-refractivity contribution in [1.82, 2.24) is 0 Å². The molecule has 1 aromatic rings. The minimum atomic E-state index is -0.0779. The van der Waals surface area contributed by atoms with Gasteiger partial charge in [0, 0.05) is 18.4 Å². The first-order valence-electron chi connectivity index (χ1n) is 12.1. The molecule has 166 valence electrons. The fraction of sp³-hybridized carbons (Fsp3) is 0.731. The van der Waals surface area contributed by atoms with E-state index in [1.54, 1.807) is 0 Å². The number of rotatable bonds is 18. The molecule has 0 aliphatic carbocycles. The number of unbranched alkanes of at least 4 members (excludes halogenated alkanes) is 10. The third-order valence-corrected chi connectivity index (χ3v) is 6.08. The van der Waals surface area contributed by atoms with Crippen LogP contribution in [0.3, 0.4) is 0 Å². The number of Topliss-reactive ketones (excluding diaryl/α,β-unsaturated/α-hetero) is 1. The lowest BCUT2D eigenvalue weighted by Gasteiger charge is -2.37. The summed E-state index contributed by atoms with van der Waals surface area (Å²) in [5.74, 6) is 0.383. The van der Waals surface area contributed by atoms with Crippen LogP contribution in [0.1, 0.15) is 102 Å². The zero-order valence-corrected chi connectivity index (χ0v) is 19.5. The van der Waals surface area contributed by atoms with Gasteiger partial charge in [0.2, 0.25) is 0 Å². The van der Waals surface area contributed by atoms with Gasteiger partial charge in [-0.25, -0.2) is 0 Å². The maximum Gasteiger partial charge on any atom is 0.194 e. The second-order valence-electron chi connectivity index (χ2n) is 9.21. The Kier molecular flexibility index (Phi) is 13.9. The smallest absolute Gasteiger partial charge is 0.194 e. The summed E-state index contributed by atoms with van der Waals surface area (Å²) in [6, 6.07) is 10.2. The molecule has 3 heteroatoms. The lowest BCUT2D eigenvalue weighted by Crippen LogP contribution is -2.47. The summed E-state index contributed by atoms with van der Waals surface area (Å²) in [6.07, 6.45) is 16.1. The zero-order valence-electron chi connectivity index (χ0n) is 19.5. The molecular formula is C26H47N2O+. The molecule has 0 aromatic heterocycles. The van der Waals surface area contributed by atoms with E-state index in [1.165, 1.54) is 64.2 Å². The third kappa shape index (κ3) is 11.0. The molecule has 2 N–H and O–H groups in total. The van der Waals surface area contributed by atoms with Crippen molar-refractivity contribution < 1.29 is 9.28 Å². The average Bonchev–Trinajstić information content (AvgIpc) is 2.71. The van der Waals surface area contributed by atoms with Crippen LogP contribution in [-0.4, -0.2) is 37.5 Å². The van der Waals surface area contributed by atoms with Gasteiger partial charge < -0.3 is 10.2 Å². The lowest BCUT2D eigenvalue weighted by atomic mass is 9.95. The van der Waals surface area contributed by atoms with E-state index in [9.17, 15) is 4.79 Å². The quantitative estimate of drug-likeness (QED) is 0.227. The molecule has 29 heavy (non-hydrogen) atoms. The fourth-order valence-electron chi connectivity index (χ4n) is 4.34. The Hall–Kier alpha value is -1.19. The van der Waals surface area contributed by atoms with Crippen LogP contribution >= 0.6 is 0 Å². The van der Waals surface area contributed by atoms with Crippen molar-refractivity contribution in [3.63, 3.8) is 0 Å². The van der Waals surface area contributed by atoms with E-state index in [2.05, 4.69) is 33.2 Å². The topological polar surface area (TPSA) is 43.1 Å².